The summed E-state index contributed by atoms with van der Waals surface area (Å²) in [6, 6.07) is 9.46. The number of carbonyl (C=O) groups excluding carboxylic acids is 2. The first kappa shape index (κ1) is 14.4. The Morgan fingerprint density at radius 1 is 1.29 bits per heavy atom. The van der Waals surface area contributed by atoms with Crippen LogP contribution in [0.25, 0.3) is 0 Å². The zero-order chi connectivity index (χ0) is 16.5. The second kappa shape index (κ2) is 5.81. The maximum Gasteiger partial charge on any atom is 0.259 e. The smallest absolute Gasteiger partial charge is 0.259 e. The monoisotopic (exact) mass is 320 g/mol. The highest BCUT2D eigenvalue weighted by Crippen LogP contribution is 2.32. The maximum absolute atomic E-state index is 12.6. The molecular weight excluding hydrogens is 304 g/mol. The average molecular weight is 320 g/mol. The van der Waals surface area contributed by atoms with Gasteiger partial charge in [-0.3, -0.25) is 14.6 Å². The van der Waals surface area contributed by atoms with Gasteiger partial charge >= 0.3 is 0 Å². The van der Waals surface area contributed by atoms with Gasteiger partial charge < -0.3 is 15.5 Å². The summed E-state index contributed by atoms with van der Waals surface area (Å²) in [5.74, 6) is -0.109. The van der Waals surface area contributed by atoms with Crippen LogP contribution >= 0.6 is 0 Å². The van der Waals surface area contributed by atoms with Crippen LogP contribution in [-0.4, -0.2) is 29.9 Å². The highest BCUT2D eigenvalue weighted by molar-refractivity contribution is 6.07. The number of nitrogens with zero attached hydrogens (tertiary/aromatic N) is 2. The van der Waals surface area contributed by atoms with Crippen LogP contribution in [0.4, 0.5) is 11.4 Å². The molecule has 4 rings (SSSR count). The maximum atomic E-state index is 12.6. The highest BCUT2D eigenvalue weighted by atomic mass is 16.2. The molecule has 6 heteroatoms. The summed E-state index contributed by atoms with van der Waals surface area (Å²) in [5, 5.41) is 5.97. The van der Waals surface area contributed by atoms with E-state index in [-0.39, 0.29) is 11.8 Å². The molecule has 0 radical (unpaired) electrons. The minimum absolute atomic E-state index is 0.0316. The van der Waals surface area contributed by atoms with E-state index in [0.717, 1.165) is 29.1 Å². The van der Waals surface area contributed by atoms with Crippen LogP contribution in [0.5, 0.6) is 0 Å². The highest BCUT2D eigenvalue weighted by Gasteiger charge is 2.26. The molecule has 0 fully saturated rings. The van der Waals surface area contributed by atoms with Gasteiger partial charge in [0, 0.05) is 42.1 Å². The van der Waals surface area contributed by atoms with Crippen LogP contribution in [-0.2, 0) is 11.2 Å². The van der Waals surface area contributed by atoms with Gasteiger partial charge in [0.25, 0.3) is 5.91 Å². The molecule has 2 aromatic rings. The van der Waals surface area contributed by atoms with Crippen molar-refractivity contribution in [3.05, 3.63) is 65.6 Å². The van der Waals surface area contributed by atoms with Crippen molar-refractivity contribution in [3.63, 3.8) is 0 Å². The number of hydrogen-bond acceptors (Lipinski definition) is 4. The molecule has 1 aromatic heterocycles. The van der Waals surface area contributed by atoms with Crippen LogP contribution in [0.2, 0.25) is 0 Å². The largest absolute Gasteiger partial charge is 0.357 e. The predicted molar refractivity (Wildman–Crippen MR) is 90.8 cm³/mol. The second-order valence-electron chi connectivity index (χ2n) is 5.80. The number of aromatic nitrogens is 1. The molecular formula is C18H16N4O2. The van der Waals surface area contributed by atoms with Gasteiger partial charge in [0.15, 0.2) is 0 Å². The molecule has 0 atom stereocenters. The van der Waals surface area contributed by atoms with E-state index in [1.165, 1.54) is 0 Å². The van der Waals surface area contributed by atoms with Gasteiger partial charge in [-0.2, -0.15) is 0 Å². The van der Waals surface area contributed by atoms with E-state index in [1.807, 2.05) is 18.2 Å². The van der Waals surface area contributed by atoms with Crippen molar-refractivity contribution in [3.8, 4) is 0 Å². The number of carbonyl (C=O) groups is 2. The molecule has 0 unspecified atom stereocenters. The van der Waals surface area contributed by atoms with Gasteiger partial charge in [0.2, 0.25) is 5.91 Å². The summed E-state index contributed by atoms with van der Waals surface area (Å²) in [7, 11) is 0. The molecule has 2 aliphatic rings. The fraction of sp³-hybridized carbons (Fsp3) is 0.167. The molecule has 0 saturated carbocycles. The Bertz CT molecular complexity index is 845. The fourth-order valence-corrected chi connectivity index (χ4v) is 3.04. The van der Waals surface area contributed by atoms with Gasteiger partial charge in [-0.1, -0.05) is 0 Å². The molecule has 0 aliphatic carbocycles. The number of fused-ring (bicyclic) bond motifs is 1. The number of pyridine rings is 1. The van der Waals surface area contributed by atoms with E-state index in [9.17, 15) is 9.59 Å². The molecule has 3 heterocycles. The number of hydrogen-bond donors (Lipinski definition) is 2. The molecule has 120 valence electrons. The topological polar surface area (TPSA) is 74.3 Å². The third-order valence-electron chi connectivity index (χ3n) is 4.19. The minimum atomic E-state index is -0.0769. The van der Waals surface area contributed by atoms with Crippen LogP contribution in [0.3, 0.4) is 0 Å². The van der Waals surface area contributed by atoms with Crippen molar-refractivity contribution < 1.29 is 9.59 Å². The predicted octanol–water partition coefficient (Wildman–Crippen LogP) is 1.71. The quantitative estimate of drug-likeness (QED) is 0.903. The van der Waals surface area contributed by atoms with E-state index >= 15 is 0 Å². The SMILES string of the molecule is O=C1C=C(Nc2ccc3c(c2)CCN3C(=O)c2cccnc2)CN1. The van der Waals surface area contributed by atoms with Crippen LogP contribution in [0, 0.1) is 0 Å². The Balaban J connectivity index is 1.55. The lowest BCUT2D eigenvalue weighted by Crippen LogP contribution is -2.28. The number of nitrogens with one attached hydrogen (secondary N) is 2. The minimum Gasteiger partial charge on any atom is -0.357 e. The number of rotatable bonds is 3. The average Bonchev–Trinajstić information content (AvgIpc) is 3.21. The van der Waals surface area contributed by atoms with Crippen LogP contribution < -0.4 is 15.5 Å². The summed E-state index contributed by atoms with van der Waals surface area (Å²) < 4.78 is 0. The molecule has 6 nitrogen and oxygen atoms in total. The Kier molecular flexibility index (Phi) is 3.49. The number of anilines is 2. The zero-order valence-corrected chi connectivity index (χ0v) is 13.0. The Hall–Kier alpha value is -3.15. The van der Waals surface area contributed by atoms with Crippen molar-refractivity contribution in [1.29, 1.82) is 0 Å². The molecule has 1 aromatic carbocycles. The second-order valence-corrected chi connectivity index (χ2v) is 5.80. The first-order valence-electron chi connectivity index (χ1n) is 7.81. The van der Waals surface area contributed by atoms with Crippen LogP contribution in [0.1, 0.15) is 15.9 Å². The summed E-state index contributed by atoms with van der Waals surface area (Å²) in [6.07, 6.45) is 5.62. The van der Waals surface area contributed by atoms with Gasteiger partial charge in [0.05, 0.1) is 12.1 Å². The fourth-order valence-electron chi connectivity index (χ4n) is 3.04. The Morgan fingerprint density at radius 2 is 2.21 bits per heavy atom. The Morgan fingerprint density at radius 3 is 2.96 bits per heavy atom. The van der Waals surface area contributed by atoms with Crippen molar-refractivity contribution >= 4 is 23.2 Å². The summed E-state index contributed by atoms with van der Waals surface area (Å²) in [6.45, 7) is 1.18. The number of benzene rings is 1. The molecule has 2 amide bonds. The number of amides is 2. The molecule has 0 spiro atoms. The van der Waals surface area contributed by atoms with E-state index < -0.39 is 0 Å². The van der Waals surface area contributed by atoms with Crippen molar-refractivity contribution in [2.75, 3.05) is 23.3 Å². The van der Waals surface area contributed by atoms with Crippen LogP contribution in [0.15, 0.2) is 54.5 Å². The lowest BCUT2D eigenvalue weighted by molar-refractivity contribution is -0.115. The summed E-state index contributed by atoms with van der Waals surface area (Å²) in [4.78, 5) is 29.6. The molecule has 24 heavy (non-hydrogen) atoms. The van der Waals surface area contributed by atoms with E-state index in [2.05, 4.69) is 15.6 Å². The van der Waals surface area contributed by atoms with Crippen molar-refractivity contribution in [2.24, 2.45) is 0 Å². The summed E-state index contributed by atoms with van der Waals surface area (Å²) >= 11 is 0. The van der Waals surface area contributed by atoms with Gasteiger partial charge in [0.1, 0.15) is 0 Å². The Labute approximate surface area is 139 Å². The zero-order valence-electron chi connectivity index (χ0n) is 13.0. The first-order chi connectivity index (χ1) is 11.7. The van der Waals surface area contributed by atoms with Gasteiger partial charge in [-0.25, -0.2) is 0 Å². The van der Waals surface area contributed by atoms with E-state index in [4.69, 9.17) is 0 Å². The summed E-state index contributed by atoms with van der Waals surface area (Å²) in [5.41, 5.74) is 4.42. The van der Waals surface area contributed by atoms with Crippen molar-refractivity contribution in [1.82, 2.24) is 10.3 Å². The van der Waals surface area contributed by atoms with E-state index in [0.29, 0.717) is 18.7 Å². The van der Waals surface area contributed by atoms with Gasteiger partial charge in [-0.15, -0.1) is 0 Å². The standard InChI is InChI=1S/C18H16N4O2/c23-17-9-15(11-20-17)21-14-3-4-16-12(8-14)5-7-22(16)18(24)13-2-1-6-19-10-13/h1-4,6,8-10,21H,5,7,11H2,(H,20,23). The van der Waals surface area contributed by atoms with Gasteiger partial charge in [-0.05, 0) is 42.3 Å². The van der Waals surface area contributed by atoms with E-state index in [1.54, 1.807) is 35.5 Å². The lowest BCUT2D eigenvalue weighted by Gasteiger charge is -2.17. The molecule has 2 N–H and O–H groups in total. The third-order valence-corrected chi connectivity index (χ3v) is 4.19. The molecule has 2 aliphatic heterocycles. The van der Waals surface area contributed by atoms with Crippen molar-refractivity contribution in [2.45, 2.75) is 6.42 Å². The third kappa shape index (κ3) is 2.62. The lowest BCUT2D eigenvalue weighted by atomic mass is 10.1. The normalized spacial score (nSPS) is 15.8. The molecule has 0 bridgehead atoms. The molecule has 0 saturated heterocycles. The first-order valence-corrected chi connectivity index (χ1v) is 7.81.